The Morgan fingerprint density at radius 3 is 2.21 bits per heavy atom. The number of aromatic hydroxyl groups is 1. The number of benzene rings is 3. The number of ether oxygens (including phenoxy) is 1. The van der Waals surface area contributed by atoms with Gasteiger partial charge >= 0.3 is 6.03 Å². The highest BCUT2D eigenvalue weighted by molar-refractivity contribution is 6.40. The maximum absolute atomic E-state index is 13.0. The summed E-state index contributed by atoms with van der Waals surface area (Å²) < 4.78 is 5.73. The number of phenols is 1. The number of phenolic OH excluding ortho intramolecular Hbond substituents is 1. The third-order valence-electron chi connectivity index (χ3n) is 4.87. The molecule has 7 nitrogen and oxygen atoms in total. The normalized spacial score (nSPS) is 15.0. The highest BCUT2D eigenvalue weighted by Crippen LogP contribution is 2.36. The summed E-state index contributed by atoms with van der Waals surface area (Å²) in [4.78, 5) is 38.4. The molecule has 10 heteroatoms. The van der Waals surface area contributed by atoms with Gasteiger partial charge in [0.1, 0.15) is 17.9 Å². The minimum absolute atomic E-state index is 0.0402. The molecule has 3 aromatic rings. The lowest BCUT2D eigenvalue weighted by Gasteiger charge is -2.26. The Labute approximate surface area is 209 Å². The number of barbiturate groups is 1. The molecule has 0 aliphatic carbocycles. The number of nitrogens with zero attached hydrogens (tertiary/aromatic N) is 1. The molecule has 0 radical (unpaired) electrons. The summed E-state index contributed by atoms with van der Waals surface area (Å²) in [5, 5.41) is 12.4. The Hall–Kier alpha value is -3.52. The molecule has 2 N–H and O–H groups in total. The molecule has 4 amide bonds. The number of halogens is 3. The third-order valence-corrected chi connectivity index (χ3v) is 5.80. The van der Waals surface area contributed by atoms with Crippen molar-refractivity contribution < 1.29 is 24.2 Å². The maximum atomic E-state index is 13.0. The first-order valence-corrected chi connectivity index (χ1v) is 10.9. The molecule has 0 aromatic heterocycles. The Bertz CT molecular complexity index is 1320. The van der Waals surface area contributed by atoms with Gasteiger partial charge in [-0.3, -0.25) is 14.9 Å². The van der Waals surface area contributed by atoms with E-state index in [4.69, 9.17) is 39.5 Å². The van der Waals surface area contributed by atoms with Gasteiger partial charge in [-0.05, 0) is 54.1 Å². The molecule has 1 aliphatic heterocycles. The number of urea groups is 1. The zero-order valence-electron chi connectivity index (χ0n) is 17.2. The number of rotatable bonds is 5. The van der Waals surface area contributed by atoms with Gasteiger partial charge in [-0.15, -0.1) is 0 Å². The molecule has 0 bridgehead atoms. The van der Waals surface area contributed by atoms with Gasteiger partial charge in [0.05, 0.1) is 15.7 Å². The third kappa shape index (κ3) is 4.87. The van der Waals surface area contributed by atoms with E-state index in [2.05, 4.69) is 5.32 Å². The zero-order valence-corrected chi connectivity index (χ0v) is 19.5. The second kappa shape index (κ2) is 9.77. The van der Waals surface area contributed by atoms with Crippen molar-refractivity contribution in [2.45, 2.75) is 6.61 Å². The average molecular weight is 518 g/mol. The molecule has 3 aromatic carbocycles. The highest BCUT2D eigenvalue weighted by atomic mass is 35.5. The second-order valence-electron chi connectivity index (χ2n) is 7.17. The SMILES string of the molecule is O=C1NC(=O)N(c2ccc(O)cc2)C(=O)/C1=C/c1cc(Cl)c(OCc2ccccc2Cl)c(Cl)c1. The molecule has 1 fully saturated rings. The number of hydrogen-bond donors (Lipinski definition) is 2. The van der Waals surface area contributed by atoms with Crippen molar-refractivity contribution >= 4 is 64.4 Å². The number of nitrogens with one attached hydrogen (secondary N) is 1. The van der Waals surface area contributed by atoms with Crippen molar-refractivity contribution in [1.29, 1.82) is 0 Å². The quantitative estimate of drug-likeness (QED) is 0.339. The molecule has 1 saturated heterocycles. The largest absolute Gasteiger partial charge is 0.508 e. The Morgan fingerprint density at radius 1 is 0.912 bits per heavy atom. The minimum atomic E-state index is -0.905. The van der Waals surface area contributed by atoms with E-state index in [1.54, 1.807) is 18.2 Å². The van der Waals surface area contributed by atoms with Crippen molar-refractivity contribution in [2.24, 2.45) is 0 Å². The second-order valence-corrected chi connectivity index (χ2v) is 8.39. The van der Waals surface area contributed by atoms with Crippen LogP contribution in [0.2, 0.25) is 15.1 Å². The summed E-state index contributed by atoms with van der Waals surface area (Å²) in [5.74, 6) is -1.53. The fourth-order valence-electron chi connectivity index (χ4n) is 3.23. The van der Waals surface area contributed by atoms with Crippen molar-refractivity contribution in [3.63, 3.8) is 0 Å². The average Bonchev–Trinajstić information content (AvgIpc) is 2.78. The maximum Gasteiger partial charge on any atom is 0.335 e. The first-order chi connectivity index (χ1) is 16.2. The lowest BCUT2D eigenvalue weighted by atomic mass is 10.1. The van der Waals surface area contributed by atoms with Crippen molar-refractivity contribution in [3.05, 3.63) is 92.4 Å². The van der Waals surface area contributed by atoms with E-state index in [0.29, 0.717) is 10.6 Å². The molecule has 0 unspecified atom stereocenters. The van der Waals surface area contributed by atoms with Gasteiger partial charge in [0.25, 0.3) is 11.8 Å². The number of amides is 4. The predicted molar refractivity (Wildman–Crippen MR) is 129 cm³/mol. The van der Waals surface area contributed by atoms with Crippen LogP contribution >= 0.6 is 34.8 Å². The standard InChI is InChI=1S/C24H15Cl3N2O5/c25-18-4-2-1-3-14(18)12-34-21-19(26)10-13(11-20(21)27)9-17-22(31)28-24(33)29(23(17)32)15-5-7-16(30)8-6-15/h1-11,30H,12H2,(H,28,31,33)/b17-9+. The van der Waals surface area contributed by atoms with Crippen LogP contribution in [-0.4, -0.2) is 23.0 Å². The lowest BCUT2D eigenvalue weighted by molar-refractivity contribution is -0.122. The predicted octanol–water partition coefficient (Wildman–Crippen LogP) is 5.60. The molecular weight excluding hydrogens is 503 g/mol. The van der Waals surface area contributed by atoms with Crippen molar-refractivity contribution in [1.82, 2.24) is 5.32 Å². The minimum Gasteiger partial charge on any atom is -0.508 e. The molecule has 34 heavy (non-hydrogen) atoms. The van der Waals surface area contributed by atoms with Crippen LogP contribution in [0.25, 0.3) is 6.08 Å². The first kappa shape index (κ1) is 23.6. The molecule has 1 heterocycles. The fraction of sp³-hybridized carbons (Fsp3) is 0.0417. The molecule has 0 saturated carbocycles. The van der Waals surface area contributed by atoms with Gasteiger partial charge in [0.15, 0.2) is 5.75 Å². The van der Waals surface area contributed by atoms with E-state index in [9.17, 15) is 19.5 Å². The van der Waals surface area contributed by atoms with Crippen LogP contribution in [0.4, 0.5) is 10.5 Å². The molecule has 0 spiro atoms. The molecular formula is C24H15Cl3N2O5. The Kier molecular flexibility index (Phi) is 6.79. The van der Waals surface area contributed by atoms with E-state index in [-0.39, 0.29) is 39.4 Å². The van der Waals surface area contributed by atoms with Crippen LogP contribution in [0, 0.1) is 0 Å². The lowest BCUT2D eigenvalue weighted by Crippen LogP contribution is -2.54. The van der Waals surface area contributed by atoms with Crippen molar-refractivity contribution in [2.75, 3.05) is 4.90 Å². The number of imide groups is 2. The van der Waals surface area contributed by atoms with Crippen LogP contribution in [0.3, 0.4) is 0 Å². The van der Waals surface area contributed by atoms with E-state index < -0.39 is 17.8 Å². The van der Waals surface area contributed by atoms with Gasteiger partial charge in [-0.1, -0.05) is 53.0 Å². The zero-order chi connectivity index (χ0) is 24.4. The number of anilines is 1. The van der Waals surface area contributed by atoms with Gasteiger partial charge in [0, 0.05) is 10.6 Å². The topological polar surface area (TPSA) is 95.9 Å². The van der Waals surface area contributed by atoms with Crippen molar-refractivity contribution in [3.8, 4) is 11.5 Å². The van der Waals surface area contributed by atoms with E-state index in [1.165, 1.54) is 42.5 Å². The highest BCUT2D eigenvalue weighted by Gasteiger charge is 2.36. The van der Waals surface area contributed by atoms with Gasteiger partial charge in [-0.25, -0.2) is 9.69 Å². The summed E-state index contributed by atoms with van der Waals surface area (Å²) in [6.07, 6.45) is 1.27. The van der Waals surface area contributed by atoms with Gasteiger partial charge in [-0.2, -0.15) is 0 Å². The summed E-state index contributed by atoms with van der Waals surface area (Å²) in [7, 11) is 0. The summed E-state index contributed by atoms with van der Waals surface area (Å²) in [5.41, 5.74) is 0.965. The molecule has 1 aliphatic rings. The number of hydrogen-bond acceptors (Lipinski definition) is 5. The molecule has 4 rings (SSSR count). The fourth-order valence-corrected chi connectivity index (χ4v) is 4.03. The van der Waals surface area contributed by atoms with Gasteiger partial charge < -0.3 is 9.84 Å². The smallest absolute Gasteiger partial charge is 0.335 e. The number of carbonyl (C=O) groups is 3. The Morgan fingerprint density at radius 2 is 1.56 bits per heavy atom. The molecule has 172 valence electrons. The van der Waals surface area contributed by atoms with E-state index >= 15 is 0 Å². The first-order valence-electron chi connectivity index (χ1n) is 9.80. The van der Waals surface area contributed by atoms with Crippen LogP contribution in [0.5, 0.6) is 11.5 Å². The van der Waals surface area contributed by atoms with E-state index in [0.717, 1.165) is 10.5 Å². The van der Waals surface area contributed by atoms with Crippen LogP contribution in [0.1, 0.15) is 11.1 Å². The summed E-state index contributed by atoms with van der Waals surface area (Å²) in [6.45, 7) is 0.129. The Balaban J connectivity index is 1.61. The van der Waals surface area contributed by atoms with Crippen LogP contribution in [0.15, 0.2) is 66.2 Å². The monoisotopic (exact) mass is 516 g/mol. The summed E-state index contributed by atoms with van der Waals surface area (Å²) in [6, 6.07) is 14.6. The molecule has 0 atom stereocenters. The van der Waals surface area contributed by atoms with E-state index in [1.807, 2.05) is 6.07 Å². The summed E-state index contributed by atoms with van der Waals surface area (Å²) >= 11 is 18.8. The number of carbonyl (C=O) groups excluding carboxylic acids is 3. The van der Waals surface area contributed by atoms with Gasteiger partial charge in [0.2, 0.25) is 0 Å². The van der Waals surface area contributed by atoms with Crippen LogP contribution < -0.4 is 15.0 Å². The van der Waals surface area contributed by atoms with Crippen LogP contribution in [-0.2, 0) is 16.2 Å².